The molecule has 3 amide bonds. The number of fused-ring (bicyclic) bond motifs is 4. The Kier molecular flexibility index (Phi) is 12.1. The van der Waals surface area contributed by atoms with Gasteiger partial charge < -0.3 is 53.5 Å². The number of anilines is 2. The highest BCUT2D eigenvalue weighted by Crippen LogP contribution is 2.43. The van der Waals surface area contributed by atoms with Crippen molar-refractivity contribution in [3.05, 3.63) is 59.7 Å². The maximum absolute atomic E-state index is 13.8. The third-order valence-corrected chi connectivity index (χ3v) is 10.4. The molecule has 0 aromatic heterocycles. The first kappa shape index (κ1) is 40.1. The zero-order valence-electron chi connectivity index (χ0n) is 31.6. The number of thiol groups is 1. The SMILES string of the molecule is C=C1C[C@H]2[C@H](O)N(B(C)O)c3cc(OCCCCCOc4cc5c(cc4OC)C(=O)N4CC(=C)C[C@H]4[C@H](O)N5C(=O)OC[C@@H](C)S)c(OC)cc3C(=O)N2C1. The van der Waals surface area contributed by atoms with Gasteiger partial charge in [0.15, 0.2) is 29.2 Å². The van der Waals surface area contributed by atoms with E-state index >= 15 is 0 Å². The fourth-order valence-electron chi connectivity index (χ4n) is 7.62. The van der Waals surface area contributed by atoms with Gasteiger partial charge in [0.1, 0.15) is 12.8 Å². The smallest absolute Gasteiger partial charge is 0.416 e. The second-order valence-electron chi connectivity index (χ2n) is 14.4. The minimum atomic E-state index is -1.40. The van der Waals surface area contributed by atoms with Gasteiger partial charge in [-0.05, 0) is 51.1 Å². The maximum Gasteiger partial charge on any atom is 0.416 e. The molecule has 0 radical (unpaired) electrons. The molecule has 17 heteroatoms. The van der Waals surface area contributed by atoms with Gasteiger partial charge in [-0.1, -0.05) is 31.2 Å². The van der Waals surface area contributed by atoms with Gasteiger partial charge in [-0.25, -0.2) is 9.69 Å². The van der Waals surface area contributed by atoms with Crippen molar-refractivity contribution in [1.82, 2.24) is 9.80 Å². The van der Waals surface area contributed by atoms with Crippen LogP contribution in [0.5, 0.6) is 23.0 Å². The summed E-state index contributed by atoms with van der Waals surface area (Å²) in [4.78, 5) is 46.4. The zero-order valence-corrected chi connectivity index (χ0v) is 32.5. The Morgan fingerprint density at radius 2 is 1.33 bits per heavy atom. The van der Waals surface area contributed by atoms with E-state index in [1.807, 2.05) is 0 Å². The summed E-state index contributed by atoms with van der Waals surface area (Å²) in [7, 11) is 1.83. The summed E-state index contributed by atoms with van der Waals surface area (Å²) in [5.41, 5.74) is 2.51. The molecular weight excluding hydrogens is 731 g/mol. The average Bonchev–Trinajstić information content (AvgIpc) is 3.71. The topological polar surface area (TPSA) is 171 Å². The van der Waals surface area contributed by atoms with Crippen molar-refractivity contribution in [3.63, 3.8) is 0 Å². The molecule has 6 rings (SSSR count). The lowest BCUT2D eigenvalue weighted by atomic mass is 9.82. The van der Waals surface area contributed by atoms with Gasteiger partial charge >= 0.3 is 13.1 Å². The molecule has 296 valence electrons. The molecular formula is C38H49BN4O11S. The lowest BCUT2D eigenvalue weighted by molar-refractivity contribution is 0.0491. The molecule has 5 atom stereocenters. The Labute approximate surface area is 326 Å². The minimum Gasteiger partial charge on any atom is -0.493 e. The van der Waals surface area contributed by atoms with Crippen molar-refractivity contribution < 1.29 is 53.3 Å². The predicted molar refractivity (Wildman–Crippen MR) is 209 cm³/mol. The van der Waals surface area contributed by atoms with Gasteiger partial charge in [0.05, 0.1) is 56.3 Å². The number of aliphatic hydroxyl groups is 2. The number of benzene rings is 2. The fourth-order valence-corrected chi connectivity index (χ4v) is 7.70. The molecule has 0 bridgehead atoms. The summed E-state index contributed by atoms with van der Waals surface area (Å²) in [6.07, 6.45) is -0.707. The Bertz CT molecular complexity index is 1840. The molecule has 2 fully saturated rings. The molecule has 0 unspecified atom stereocenters. The van der Waals surface area contributed by atoms with Crippen LogP contribution in [0.1, 0.15) is 59.7 Å². The van der Waals surface area contributed by atoms with Gasteiger partial charge in [0.25, 0.3) is 11.8 Å². The van der Waals surface area contributed by atoms with Crippen LogP contribution < -0.4 is 28.7 Å². The molecule has 0 aliphatic carbocycles. The van der Waals surface area contributed by atoms with Crippen molar-refractivity contribution in [3.8, 4) is 23.0 Å². The van der Waals surface area contributed by atoms with Crippen molar-refractivity contribution in [2.45, 2.75) is 75.6 Å². The number of ether oxygens (including phenoxy) is 5. The Balaban J connectivity index is 1.12. The number of nitrogens with zero attached hydrogens (tertiary/aromatic N) is 4. The number of amides is 3. The van der Waals surface area contributed by atoms with Gasteiger partial charge in [-0.3, -0.25) is 9.59 Å². The summed E-state index contributed by atoms with van der Waals surface area (Å²) in [5.74, 6) is 0.603. The summed E-state index contributed by atoms with van der Waals surface area (Å²) in [6, 6.07) is 4.96. The summed E-state index contributed by atoms with van der Waals surface area (Å²) < 4.78 is 28.9. The van der Waals surface area contributed by atoms with E-state index < -0.39 is 37.7 Å². The third-order valence-electron chi connectivity index (χ3n) is 10.3. The maximum atomic E-state index is 13.8. The first-order chi connectivity index (χ1) is 26.2. The van der Waals surface area contributed by atoms with Crippen LogP contribution in [0.2, 0.25) is 6.82 Å². The summed E-state index contributed by atoms with van der Waals surface area (Å²) >= 11 is 4.29. The van der Waals surface area contributed by atoms with E-state index in [1.165, 1.54) is 42.9 Å². The molecule has 2 saturated heterocycles. The molecule has 55 heavy (non-hydrogen) atoms. The third kappa shape index (κ3) is 7.93. The number of carbonyl (C=O) groups is 3. The van der Waals surface area contributed by atoms with Crippen LogP contribution >= 0.6 is 12.6 Å². The monoisotopic (exact) mass is 780 g/mol. The standard InChI is InChI=1S/C38H49BN4O11S/c1-21-12-28-36(46)42(38(48)54-20-23(3)55)26-16-32(30(50-5)14-24(26)34(44)40(28)18-21)52-10-8-7-9-11-53-33-17-27-25(15-31(33)51-6)35(45)41-19-22(2)13-29(41)37(47)43(27)39(4)49/h14-17,23,28-29,36-37,46-47,49,55H,1-2,7-13,18-20H2,3-6H3/t23-,28+,29+,36+,37+/m1/s1. The normalized spacial score (nSPS) is 22.3. The molecule has 0 saturated carbocycles. The highest BCUT2D eigenvalue weighted by atomic mass is 32.1. The van der Waals surface area contributed by atoms with E-state index in [1.54, 1.807) is 24.0 Å². The molecule has 4 heterocycles. The Morgan fingerprint density at radius 3 is 1.82 bits per heavy atom. The number of aliphatic hydroxyl groups excluding tert-OH is 2. The largest absolute Gasteiger partial charge is 0.493 e. The lowest BCUT2D eigenvalue weighted by Gasteiger charge is -2.34. The number of methoxy groups -OCH3 is 2. The molecule has 0 spiro atoms. The van der Waals surface area contributed by atoms with Gasteiger partial charge in [-0.15, -0.1) is 0 Å². The van der Waals surface area contributed by atoms with E-state index in [2.05, 4.69) is 25.8 Å². The molecule has 3 N–H and O–H groups in total. The van der Waals surface area contributed by atoms with E-state index in [0.29, 0.717) is 62.4 Å². The Morgan fingerprint density at radius 1 is 0.836 bits per heavy atom. The number of carbonyl (C=O) groups excluding carboxylic acids is 3. The van der Waals surface area contributed by atoms with Gasteiger partial charge in [0, 0.05) is 36.2 Å². The Hall–Kier alpha value is -4.58. The molecule has 2 aromatic carbocycles. The van der Waals surface area contributed by atoms with Crippen LogP contribution in [-0.4, -0.2) is 127 Å². The number of rotatable bonds is 13. The first-order valence-electron chi connectivity index (χ1n) is 18.4. The highest BCUT2D eigenvalue weighted by molar-refractivity contribution is 7.80. The lowest BCUT2D eigenvalue weighted by Crippen LogP contribution is -2.53. The average molecular weight is 781 g/mol. The first-order valence-corrected chi connectivity index (χ1v) is 18.9. The number of hydrogen-bond donors (Lipinski definition) is 4. The van der Waals surface area contributed by atoms with E-state index in [-0.39, 0.29) is 65.1 Å². The minimum absolute atomic E-state index is 0.00290. The zero-order chi connectivity index (χ0) is 39.7. The molecule has 2 aromatic rings. The molecule has 15 nitrogen and oxygen atoms in total. The quantitative estimate of drug-likeness (QED) is 0.101. The van der Waals surface area contributed by atoms with Gasteiger partial charge in [-0.2, -0.15) is 12.6 Å². The summed E-state index contributed by atoms with van der Waals surface area (Å²) in [5, 5.41) is 33.2. The van der Waals surface area contributed by atoms with Crippen molar-refractivity contribution in [2.75, 3.05) is 56.8 Å². The van der Waals surface area contributed by atoms with Crippen LogP contribution in [0.3, 0.4) is 0 Å². The van der Waals surface area contributed by atoms with Crippen molar-refractivity contribution >= 4 is 49.0 Å². The van der Waals surface area contributed by atoms with E-state index in [0.717, 1.165) is 16.0 Å². The fraction of sp³-hybridized carbons (Fsp3) is 0.500. The second kappa shape index (κ2) is 16.7. The van der Waals surface area contributed by atoms with Crippen LogP contribution in [0.15, 0.2) is 48.6 Å². The summed E-state index contributed by atoms with van der Waals surface area (Å²) in [6.45, 7) is 12.4. The van der Waals surface area contributed by atoms with Crippen molar-refractivity contribution in [1.29, 1.82) is 0 Å². The number of unbranched alkanes of at least 4 members (excludes halogenated alkanes) is 2. The van der Waals surface area contributed by atoms with Crippen LogP contribution in [0.25, 0.3) is 0 Å². The van der Waals surface area contributed by atoms with E-state index in [9.17, 15) is 29.6 Å². The van der Waals surface area contributed by atoms with Crippen LogP contribution in [0.4, 0.5) is 16.2 Å². The second-order valence-corrected chi connectivity index (χ2v) is 15.3. The molecule has 4 aliphatic heterocycles. The highest BCUT2D eigenvalue weighted by Gasteiger charge is 2.47. The van der Waals surface area contributed by atoms with Gasteiger partial charge in [0.2, 0.25) is 0 Å². The van der Waals surface area contributed by atoms with Crippen LogP contribution in [-0.2, 0) is 4.74 Å². The molecule has 4 aliphatic rings. The predicted octanol–water partition coefficient (Wildman–Crippen LogP) is 3.72. The van der Waals surface area contributed by atoms with E-state index in [4.69, 9.17) is 23.7 Å². The van der Waals surface area contributed by atoms with Crippen LogP contribution in [0, 0.1) is 0 Å². The number of hydrogen-bond acceptors (Lipinski definition) is 13. The van der Waals surface area contributed by atoms with Crippen molar-refractivity contribution in [2.24, 2.45) is 0 Å².